The zero-order chi connectivity index (χ0) is 21.3. The number of carbonyl (C=O) groups is 2. The topological polar surface area (TPSA) is 73.7 Å². The number of rotatable bonds is 5. The molecule has 1 aromatic carbocycles. The summed E-state index contributed by atoms with van der Waals surface area (Å²) in [5.41, 5.74) is 1.64. The van der Waals surface area contributed by atoms with Gasteiger partial charge in [0.2, 0.25) is 5.91 Å². The summed E-state index contributed by atoms with van der Waals surface area (Å²) in [7, 11) is 2.64. The van der Waals surface area contributed by atoms with E-state index in [0.717, 1.165) is 12.0 Å². The summed E-state index contributed by atoms with van der Waals surface area (Å²) in [4.78, 5) is 25.3. The van der Waals surface area contributed by atoms with E-state index in [0.29, 0.717) is 27.1 Å². The average molecular weight is 434 g/mol. The van der Waals surface area contributed by atoms with Crippen LogP contribution in [-0.4, -0.2) is 53.5 Å². The Morgan fingerprint density at radius 1 is 1.38 bits per heavy atom. The molecule has 0 bridgehead atoms. The lowest BCUT2D eigenvalue weighted by molar-refractivity contribution is -0.165. The standard InChI is InChI=1S/C18H19ClF3N3O4/c1-28-9-25-16-12(6-23-25)13-7-24(8-18(20,21)22)17(27)11(5-15(26)29-2)3-10(13)4-14(16)19/h4,6,11H,3,5,7-9H2,1-2H3/t11-/m0/s1. The maximum atomic E-state index is 13.1. The van der Waals surface area contributed by atoms with E-state index in [1.807, 2.05) is 0 Å². The highest BCUT2D eigenvalue weighted by Gasteiger charge is 2.39. The first-order valence-corrected chi connectivity index (χ1v) is 9.09. The van der Waals surface area contributed by atoms with Crippen LogP contribution in [0.5, 0.6) is 0 Å². The highest BCUT2D eigenvalue weighted by molar-refractivity contribution is 6.35. The monoisotopic (exact) mass is 433 g/mol. The molecule has 7 nitrogen and oxygen atoms in total. The fraction of sp³-hybridized carbons (Fsp3) is 0.500. The number of nitrogens with zero attached hydrogens (tertiary/aromatic N) is 3. The summed E-state index contributed by atoms with van der Waals surface area (Å²) < 4.78 is 50.5. The first-order valence-electron chi connectivity index (χ1n) is 8.71. The second kappa shape index (κ2) is 8.19. The first-order chi connectivity index (χ1) is 13.6. The smallest absolute Gasteiger partial charge is 0.406 e. The van der Waals surface area contributed by atoms with Crippen LogP contribution < -0.4 is 0 Å². The van der Waals surface area contributed by atoms with Crippen LogP contribution in [0.2, 0.25) is 5.02 Å². The zero-order valence-corrected chi connectivity index (χ0v) is 16.5. The first kappa shape index (κ1) is 21.4. The number of esters is 1. The van der Waals surface area contributed by atoms with Crippen molar-refractivity contribution in [3.05, 3.63) is 28.4 Å². The Bertz CT molecular complexity index is 945. The predicted molar refractivity (Wildman–Crippen MR) is 97.1 cm³/mol. The van der Waals surface area contributed by atoms with Crippen molar-refractivity contribution in [3.8, 4) is 0 Å². The van der Waals surface area contributed by atoms with E-state index in [4.69, 9.17) is 16.3 Å². The molecule has 3 rings (SSSR count). The van der Waals surface area contributed by atoms with Crippen LogP contribution in [0.4, 0.5) is 13.2 Å². The van der Waals surface area contributed by atoms with Crippen molar-refractivity contribution >= 4 is 34.4 Å². The number of aromatic nitrogens is 2. The molecule has 0 N–H and O–H groups in total. The molecule has 1 aromatic heterocycles. The molecule has 0 saturated heterocycles. The molecule has 2 heterocycles. The van der Waals surface area contributed by atoms with Crippen LogP contribution >= 0.6 is 11.6 Å². The van der Waals surface area contributed by atoms with E-state index in [9.17, 15) is 22.8 Å². The molecule has 0 radical (unpaired) electrons. The van der Waals surface area contributed by atoms with E-state index >= 15 is 0 Å². The van der Waals surface area contributed by atoms with Gasteiger partial charge in [0.15, 0.2) is 0 Å². The molecule has 2 aromatic rings. The molecular formula is C18H19ClF3N3O4. The van der Waals surface area contributed by atoms with E-state index in [1.54, 1.807) is 6.07 Å². The van der Waals surface area contributed by atoms with E-state index in [2.05, 4.69) is 9.84 Å². The van der Waals surface area contributed by atoms with Crippen molar-refractivity contribution in [3.63, 3.8) is 0 Å². The molecule has 0 fully saturated rings. The molecule has 1 aliphatic heterocycles. The minimum atomic E-state index is -4.58. The molecule has 158 valence electrons. The third-order valence-corrected chi connectivity index (χ3v) is 5.11. The molecule has 0 unspecified atom stereocenters. The van der Waals surface area contributed by atoms with Gasteiger partial charge in [-0.25, -0.2) is 4.68 Å². The Labute approximate surface area is 169 Å². The Hall–Kier alpha value is -2.33. The van der Waals surface area contributed by atoms with Crippen molar-refractivity contribution in [2.75, 3.05) is 20.8 Å². The average Bonchev–Trinajstić information content (AvgIpc) is 3.01. The van der Waals surface area contributed by atoms with Gasteiger partial charge < -0.3 is 14.4 Å². The van der Waals surface area contributed by atoms with Gasteiger partial charge in [-0.05, 0) is 23.6 Å². The highest BCUT2D eigenvalue weighted by atomic mass is 35.5. The van der Waals surface area contributed by atoms with E-state index < -0.39 is 30.5 Å². The Balaban J connectivity index is 2.12. The summed E-state index contributed by atoms with van der Waals surface area (Å²) in [6.07, 6.45) is -3.33. The number of hydrogen-bond acceptors (Lipinski definition) is 5. The number of carbonyl (C=O) groups excluding carboxylic acids is 2. The summed E-state index contributed by atoms with van der Waals surface area (Å²) in [5, 5.41) is 5.07. The van der Waals surface area contributed by atoms with Gasteiger partial charge in [-0.15, -0.1) is 0 Å². The molecule has 1 amide bonds. The number of benzene rings is 1. The van der Waals surface area contributed by atoms with Crippen LogP contribution in [0.15, 0.2) is 12.3 Å². The number of amides is 1. The van der Waals surface area contributed by atoms with Crippen LogP contribution in [0.3, 0.4) is 0 Å². The zero-order valence-electron chi connectivity index (χ0n) is 15.8. The highest BCUT2D eigenvalue weighted by Crippen LogP contribution is 2.36. The lowest BCUT2D eigenvalue weighted by atomic mass is 9.93. The van der Waals surface area contributed by atoms with Gasteiger partial charge in [0, 0.05) is 19.0 Å². The van der Waals surface area contributed by atoms with Gasteiger partial charge in [-0.3, -0.25) is 9.59 Å². The van der Waals surface area contributed by atoms with Crippen LogP contribution in [-0.2, 0) is 38.8 Å². The van der Waals surface area contributed by atoms with E-state index in [1.165, 1.54) is 18.0 Å². The SMILES string of the molecule is COCn1ncc2c3c(cc(Cl)c21)C[C@@H](CC(=O)OC)C(=O)N(CC(F)(F)F)C3. The van der Waals surface area contributed by atoms with Crippen LogP contribution in [0, 0.1) is 5.92 Å². The number of hydrogen-bond donors (Lipinski definition) is 0. The second-order valence-corrected chi connectivity index (χ2v) is 7.22. The molecule has 1 aliphatic rings. The van der Waals surface area contributed by atoms with Crippen molar-refractivity contribution in [1.82, 2.24) is 14.7 Å². The normalized spacial score (nSPS) is 17.4. The van der Waals surface area contributed by atoms with Gasteiger partial charge in [-0.1, -0.05) is 11.6 Å². The van der Waals surface area contributed by atoms with Gasteiger partial charge in [0.25, 0.3) is 0 Å². The molecule has 0 aliphatic carbocycles. The van der Waals surface area contributed by atoms with Crippen molar-refractivity contribution in [2.45, 2.75) is 32.3 Å². The number of halogens is 4. The minimum absolute atomic E-state index is 0.0722. The van der Waals surface area contributed by atoms with Crippen molar-refractivity contribution in [2.24, 2.45) is 5.92 Å². The molecule has 1 atom stereocenters. The second-order valence-electron chi connectivity index (χ2n) is 6.81. The fourth-order valence-corrected chi connectivity index (χ4v) is 3.93. The largest absolute Gasteiger partial charge is 0.469 e. The summed E-state index contributed by atoms with van der Waals surface area (Å²) in [6.45, 7) is -1.57. The number of alkyl halides is 3. The molecule has 29 heavy (non-hydrogen) atoms. The minimum Gasteiger partial charge on any atom is -0.469 e. The molecule has 11 heteroatoms. The fourth-order valence-electron chi connectivity index (χ4n) is 3.60. The molecule has 0 saturated carbocycles. The number of methoxy groups -OCH3 is 2. The quantitative estimate of drug-likeness (QED) is 0.678. The van der Waals surface area contributed by atoms with Crippen LogP contribution in [0.1, 0.15) is 17.5 Å². The Morgan fingerprint density at radius 3 is 2.72 bits per heavy atom. The third-order valence-electron chi connectivity index (χ3n) is 4.82. The Morgan fingerprint density at radius 2 is 2.10 bits per heavy atom. The number of ether oxygens (including phenoxy) is 2. The maximum Gasteiger partial charge on any atom is 0.406 e. The van der Waals surface area contributed by atoms with Gasteiger partial charge >= 0.3 is 12.1 Å². The van der Waals surface area contributed by atoms with Crippen LogP contribution in [0.25, 0.3) is 10.9 Å². The van der Waals surface area contributed by atoms with Gasteiger partial charge in [0.1, 0.15) is 13.3 Å². The molecule has 0 spiro atoms. The van der Waals surface area contributed by atoms with Gasteiger partial charge in [-0.2, -0.15) is 18.3 Å². The van der Waals surface area contributed by atoms with Crippen molar-refractivity contribution < 1.29 is 32.2 Å². The van der Waals surface area contributed by atoms with E-state index in [-0.39, 0.29) is 26.1 Å². The number of fused-ring (bicyclic) bond motifs is 3. The van der Waals surface area contributed by atoms with Gasteiger partial charge in [0.05, 0.1) is 36.2 Å². The third kappa shape index (κ3) is 4.48. The maximum absolute atomic E-state index is 13.1. The lowest BCUT2D eigenvalue weighted by Crippen LogP contribution is -2.41. The predicted octanol–water partition coefficient (Wildman–Crippen LogP) is 2.92. The van der Waals surface area contributed by atoms with Crippen molar-refractivity contribution in [1.29, 1.82) is 0 Å². The Kier molecular flexibility index (Phi) is 6.04. The summed E-state index contributed by atoms with van der Waals surface area (Å²) in [5.74, 6) is -2.40. The summed E-state index contributed by atoms with van der Waals surface area (Å²) in [6, 6.07) is 1.61. The molecular weight excluding hydrogens is 415 g/mol. The summed E-state index contributed by atoms with van der Waals surface area (Å²) >= 11 is 6.40. The lowest BCUT2D eigenvalue weighted by Gasteiger charge is -2.25.